The molecule has 0 unspecified atom stereocenters. The number of fused-ring (bicyclic) bond motifs is 7. The van der Waals surface area contributed by atoms with Crippen molar-refractivity contribution in [3.05, 3.63) is 23.8 Å². The summed E-state index contributed by atoms with van der Waals surface area (Å²) in [6, 6.07) is 0. The van der Waals surface area contributed by atoms with E-state index in [9.17, 15) is 34.2 Å². The van der Waals surface area contributed by atoms with Crippen LogP contribution in [-0.2, 0) is 52.4 Å². The van der Waals surface area contributed by atoms with E-state index in [1.165, 1.54) is 32.1 Å². The summed E-state index contributed by atoms with van der Waals surface area (Å²) in [6.45, 7) is 7.08. The predicted octanol–water partition coefficient (Wildman–Crippen LogP) is 0.0435. The summed E-state index contributed by atoms with van der Waals surface area (Å²) in [5.41, 5.74) is -9.40. The lowest BCUT2D eigenvalue weighted by molar-refractivity contribution is -0.426. The number of rotatable bonds is 5. The van der Waals surface area contributed by atoms with Gasteiger partial charge in [-0.2, -0.15) is 0 Å². The zero-order valence-corrected chi connectivity index (χ0v) is 23.6. The zero-order valence-electron chi connectivity index (χ0n) is 23.6. The highest BCUT2D eigenvalue weighted by atomic mass is 16.7. The summed E-state index contributed by atoms with van der Waals surface area (Å²) in [5.74, 6) is -6.37. The van der Waals surface area contributed by atoms with Gasteiger partial charge in [0.2, 0.25) is 0 Å². The topological polar surface area (TPSA) is 184 Å². The second-order valence-corrected chi connectivity index (χ2v) is 11.7. The zero-order chi connectivity index (χ0) is 30.3. The summed E-state index contributed by atoms with van der Waals surface area (Å²) in [6.07, 6.45) is 0.263. The van der Waals surface area contributed by atoms with Gasteiger partial charge in [0.25, 0.3) is 0 Å². The van der Waals surface area contributed by atoms with Crippen molar-refractivity contribution in [2.45, 2.75) is 88.7 Å². The minimum atomic E-state index is -2.38. The second kappa shape index (κ2) is 9.10. The Bertz CT molecular complexity index is 1280. The molecule has 13 nitrogen and oxygen atoms in total. The van der Waals surface area contributed by atoms with E-state index in [1.807, 2.05) is 0 Å². The molecule has 0 radical (unpaired) electrons. The van der Waals surface area contributed by atoms with Crippen LogP contribution in [0, 0.1) is 17.3 Å². The van der Waals surface area contributed by atoms with E-state index < -0.39 is 94.4 Å². The van der Waals surface area contributed by atoms with E-state index in [4.69, 9.17) is 28.4 Å². The van der Waals surface area contributed by atoms with Gasteiger partial charge in [0.15, 0.2) is 22.9 Å². The van der Waals surface area contributed by atoms with Gasteiger partial charge in [-0.3, -0.25) is 24.0 Å². The molecule has 0 aromatic carbocycles. The number of aliphatic hydroxyl groups is 2. The van der Waals surface area contributed by atoms with Gasteiger partial charge in [0.1, 0.15) is 17.8 Å². The molecule has 0 bridgehead atoms. The van der Waals surface area contributed by atoms with Crippen molar-refractivity contribution < 1.29 is 62.6 Å². The van der Waals surface area contributed by atoms with E-state index in [0.717, 1.165) is 20.8 Å². The Labute approximate surface area is 235 Å². The molecule has 224 valence electrons. The number of aliphatic hydroxyl groups excluding tert-OH is 1. The van der Waals surface area contributed by atoms with Crippen LogP contribution in [0.25, 0.3) is 0 Å². The van der Waals surface area contributed by atoms with Gasteiger partial charge >= 0.3 is 29.8 Å². The molecule has 13 heteroatoms. The van der Waals surface area contributed by atoms with Crippen LogP contribution in [0.4, 0.5) is 0 Å². The molecule has 5 rings (SSSR count). The first-order valence-electron chi connectivity index (χ1n) is 13.4. The highest BCUT2D eigenvalue weighted by Crippen LogP contribution is 2.79. The minimum Gasteiger partial charge on any atom is -0.458 e. The van der Waals surface area contributed by atoms with Crippen LogP contribution < -0.4 is 0 Å². The van der Waals surface area contributed by atoms with Crippen molar-refractivity contribution in [2.24, 2.45) is 17.3 Å². The number of hydrogen-bond acceptors (Lipinski definition) is 13. The Morgan fingerprint density at radius 3 is 2.15 bits per heavy atom. The highest BCUT2D eigenvalue weighted by Gasteiger charge is 2.98. The van der Waals surface area contributed by atoms with Gasteiger partial charge in [0.05, 0.1) is 30.5 Å². The number of hydrogen-bond donors (Lipinski definition) is 2. The van der Waals surface area contributed by atoms with Crippen LogP contribution in [-0.4, -0.2) is 94.0 Å². The highest BCUT2D eigenvalue weighted by molar-refractivity contribution is 5.80. The average Bonchev–Trinajstić information content (AvgIpc) is 3.58. The van der Waals surface area contributed by atoms with Crippen LogP contribution in [0.15, 0.2) is 23.8 Å². The molecule has 10 atom stereocenters. The number of ether oxygens (including phenoxy) is 6. The molecule has 2 heterocycles. The number of carbonyl (C=O) groups is 5. The van der Waals surface area contributed by atoms with Crippen molar-refractivity contribution in [1.82, 2.24) is 0 Å². The molecule has 0 aromatic heterocycles. The second-order valence-electron chi connectivity index (χ2n) is 11.7. The minimum absolute atomic E-state index is 0.0185. The van der Waals surface area contributed by atoms with Crippen molar-refractivity contribution in [3.8, 4) is 0 Å². The molecule has 0 amide bonds. The number of carbonyl (C=O) groups excluding carboxylic acids is 5. The van der Waals surface area contributed by atoms with E-state index in [0.29, 0.717) is 0 Å². The van der Waals surface area contributed by atoms with E-state index in [-0.39, 0.29) is 18.6 Å². The van der Waals surface area contributed by atoms with Crippen LogP contribution in [0.1, 0.15) is 48.0 Å². The average molecular weight is 579 g/mol. The smallest absolute Gasteiger partial charge is 0.312 e. The molecule has 2 saturated carbocycles. The largest absolute Gasteiger partial charge is 0.458 e. The lowest BCUT2D eigenvalue weighted by Gasteiger charge is -2.78. The van der Waals surface area contributed by atoms with Gasteiger partial charge in [-0.05, 0) is 24.6 Å². The molecular formula is C28H34O13. The fourth-order valence-corrected chi connectivity index (χ4v) is 8.23. The molecule has 5 aliphatic rings. The molecule has 2 N–H and O–H groups in total. The first-order chi connectivity index (χ1) is 19.1. The van der Waals surface area contributed by atoms with Crippen LogP contribution >= 0.6 is 0 Å². The van der Waals surface area contributed by atoms with Gasteiger partial charge in [-0.1, -0.05) is 13.0 Å². The van der Waals surface area contributed by atoms with Gasteiger partial charge < -0.3 is 38.6 Å². The maximum Gasteiger partial charge on any atom is 0.312 e. The van der Waals surface area contributed by atoms with Gasteiger partial charge in [-0.15, -0.1) is 0 Å². The Balaban J connectivity index is 1.91. The van der Waals surface area contributed by atoms with E-state index in [1.54, 1.807) is 6.92 Å². The predicted molar refractivity (Wildman–Crippen MR) is 133 cm³/mol. The third kappa shape index (κ3) is 3.54. The third-order valence-electron chi connectivity index (χ3n) is 9.46. The maximum absolute atomic E-state index is 13.1. The summed E-state index contributed by atoms with van der Waals surface area (Å²) < 4.78 is 35.2. The first-order valence-corrected chi connectivity index (χ1v) is 13.4. The Morgan fingerprint density at radius 1 is 1.02 bits per heavy atom. The molecule has 2 aliphatic heterocycles. The maximum atomic E-state index is 13.1. The van der Waals surface area contributed by atoms with Crippen LogP contribution in [0.3, 0.4) is 0 Å². The standard InChI is InChI=1S/C28H34O13/c1-13-22(34)39-20-9-18(11-29)7-8-26(40-16(4)32)24(6)21(38-15(3)31)19(37-14(2)30)10-25(12-36-25)23(24)28(26,27(13,20)35)41-17(5)33/h7-9,13,19-21,23,29,35H,10-12H2,1-6H3/b8-7-,18-9+/t13-,19-,20-,21-,23+,24-,25-,26+,27-,28-/m0/s1. The van der Waals surface area contributed by atoms with Crippen LogP contribution in [0.2, 0.25) is 0 Å². The molecule has 41 heavy (non-hydrogen) atoms. The molecular weight excluding hydrogens is 544 g/mol. The Hall–Kier alpha value is -3.29. The molecule has 4 fully saturated rings. The lowest BCUT2D eigenvalue weighted by atomic mass is 9.30. The summed E-state index contributed by atoms with van der Waals surface area (Å²) in [7, 11) is 0. The van der Waals surface area contributed by atoms with Crippen molar-refractivity contribution >= 4 is 29.8 Å². The van der Waals surface area contributed by atoms with Crippen LogP contribution in [0.5, 0.6) is 0 Å². The normalized spacial score (nSPS) is 47.4. The monoisotopic (exact) mass is 578 g/mol. The number of esters is 5. The summed E-state index contributed by atoms with van der Waals surface area (Å²) in [5, 5.41) is 22.9. The van der Waals surface area contributed by atoms with Gasteiger partial charge in [-0.25, -0.2) is 0 Å². The van der Waals surface area contributed by atoms with Crippen molar-refractivity contribution in [3.63, 3.8) is 0 Å². The molecule has 0 aromatic rings. The molecule has 2 saturated heterocycles. The summed E-state index contributed by atoms with van der Waals surface area (Å²) >= 11 is 0. The molecule has 1 spiro atoms. The summed E-state index contributed by atoms with van der Waals surface area (Å²) in [4.78, 5) is 63.7. The molecule has 3 aliphatic carbocycles. The quantitative estimate of drug-likeness (QED) is 0.253. The third-order valence-corrected chi connectivity index (χ3v) is 9.46. The fourth-order valence-electron chi connectivity index (χ4n) is 8.23. The van der Waals surface area contributed by atoms with Crippen molar-refractivity contribution in [2.75, 3.05) is 13.2 Å². The van der Waals surface area contributed by atoms with E-state index >= 15 is 0 Å². The fraction of sp³-hybridized carbons (Fsp3) is 0.679. The van der Waals surface area contributed by atoms with Crippen molar-refractivity contribution in [1.29, 1.82) is 0 Å². The number of epoxide rings is 1. The van der Waals surface area contributed by atoms with Gasteiger partial charge in [0, 0.05) is 34.1 Å². The Morgan fingerprint density at radius 2 is 1.63 bits per heavy atom. The SMILES string of the molecule is CC(=O)O[C@H]1C[C@]2(CO2)[C@H]2[C@](C)([C@H]1OC(C)=O)[C@]1(OC(C)=O)/C=C\C(CO)=C/[C@@H]3OC(=O)[C@H](C)[C@@]3(O)[C@]21OC(C)=O. The lowest BCUT2D eigenvalue weighted by Crippen LogP contribution is -2.96. The first kappa shape index (κ1) is 29.2. The Kier molecular flexibility index (Phi) is 6.49. The van der Waals surface area contributed by atoms with E-state index in [2.05, 4.69) is 0 Å².